The molecule has 0 aromatic heterocycles. The van der Waals surface area contributed by atoms with E-state index in [-0.39, 0.29) is 22.3 Å². The van der Waals surface area contributed by atoms with E-state index in [4.69, 9.17) is 8.85 Å². The normalized spacial score (nSPS) is 15.3. The third-order valence-electron chi connectivity index (χ3n) is 7.49. The molecule has 2 aromatic rings. The molecule has 184 valence electrons. The predicted molar refractivity (Wildman–Crippen MR) is 148 cm³/mol. The van der Waals surface area contributed by atoms with Crippen LogP contribution in [0.3, 0.4) is 0 Å². The molecule has 0 unspecified atom stereocenters. The van der Waals surface area contributed by atoms with Crippen molar-refractivity contribution in [2.45, 2.75) is 90.0 Å². The lowest BCUT2D eigenvalue weighted by atomic mass is 10.1. The second kappa shape index (κ2) is 11.0. The van der Waals surface area contributed by atoms with Gasteiger partial charge in [-0.1, -0.05) is 102 Å². The molecule has 2 rings (SSSR count). The molecule has 5 heteroatoms. The van der Waals surface area contributed by atoms with Crippen molar-refractivity contribution in [3.05, 3.63) is 71.8 Å². The molecule has 0 heterocycles. The molecule has 0 fully saturated rings. The van der Waals surface area contributed by atoms with Gasteiger partial charge in [-0.2, -0.15) is 0 Å². The fraction of sp³-hybridized carbons (Fsp3) is 0.571. The molecule has 2 atom stereocenters. The van der Waals surface area contributed by atoms with E-state index in [9.17, 15) is 0 Å². The van der Waals surface area contributed by atoms with Crippen molar-refractivity contribution >= 4 is 16.6 Å². The number of hydrogen-bond donors (Lipinski definition) is 1. The third-order valence-corrected chi connectivity index (χ3v) is 16.5. The average molecular weight is 486 g/mol. The van der Waals surface area contributed by atoms with Crippen LogP contribution in [0.4, 0.5) is 0 Å². The minimum Gasteiger partial charge on any atom is -0.409 e. The summed E-state index contributed by atoms with van der Waals surface area (Å²) in [5, 5.41) is 4.05. The lowest BCUT2D eigenvalue weighted by Crippen LogP contribution is -2.45. The van der Waals surface area contributed by atoms with Crippen LogP contribution in [-0.2, 0) is 8.85 Å². The SMILES string of the molecule is CC(C)(C)[Si](C)(C)O[C@@H](CNC[C@H](O[Si](C)(C)C(C)(C)C)c1ccccc1)c1ccccc1. The van der Waals surface area contributed by atoms with Crippen molar-refractivity contribution in [2.24, 2.45) is 0 Å². The molecule has 0 bridgehead atoms. The largest absolute Gasteiger partial charge is 0.409 e. The zero-order valence-corrected chi connectivity index (χ0v) is 24.7. The summed E-state index contributed by atoms with van der Waals surface area (Å²) < 4.78 is 13.8. The standard InChI is InChI=1S/C28H47NO2Si2/c1-27(2,3)32(7,8)30-25(23-17-13-11-14-18-23)21-29-22-26(24-19-15-12-16-20-24)31-33(9,10)28(4,5)6/h11-20,25-26,29H,21-22H2,1-10H3/t25-,26-/m0/s1. The van der Waals surface area contributed by atoms with Crippen LogP contribution in [0, 0.1) is 0 Å². The predicted octanol–water partition coefficient (Wildman–Crippen LogP) is 8.10. The molecule has 0 aliphatic carbocycles. The number of hydrogen-bond acceptors (Lipinski definition) is 3. The highest BCUT2D eigenvalue weighted by molar-refractivity contribution is 6.74. The minimum atomic E-state index is -1.92. The summed E-state index contributed by atoms with van der Waals surface area (Å²) in [5.74, 6) is 0. The molecule has 0 aliphatic heterocycles. The van der Waals surface area contributed by atoms with Crippen LogP contribution in [-0.4, -0.2) is 29.7 Å². The van der Waals surface area contributed by atoms with Crippen molar-refractivity contribution in [2.75, 3.05) is 13.1 Å². The molecule has 2 aromatic carbocycles. The second-order valence-electron chi connectivity index (χ2n) is 12.2. The van der Waals surface area contributed by atoms with Gasteiger partial charge in [0.05, 0.1) is 12.2 Å². The van der Waals surface area contributed by atoms with Gasteiger partial charge in [-0.05, 0) is 47.4 Å². The van der Waals surface area contributed by atoms with Crippen LogP contribution >= 0.6 is 0 Å². The van der Waals surface area contributed by atoms with Gasteiger partial charge in [-0.3, -0.25) is 0 Å². The number of benzene rings is 2. The van der Waals surface area contributed by atoms with Gasteiger partial charge in [-0.15, -0.1) is 0 Å². The summed E-state index contributed by atoms with van der Waals surface area (Å²) in [7, 11) is -3.84. The summed E-state index contributed by atoms with van der Waals surface area (Å²) >= 11 is 0. The summed E-state index contributed by atoms with van der Waals surface area (Å²) in [6.45, 7) is 24.6. The molecule has 0 spiro atoms. The fourth-order valence-corrected chi connectivity index (χ4v) is 5.77. The fourth-order valence-electron chi connectivity index (χ4n) is 3.20. The summed E-state index contributed by atoms with van der Waals surface area (Å²) in [4.78, 5) is 0. The van der Waals surface area contributed by atoms with Crippen molar-refractivity contribution in [3.63, 3.8) is 0 Å². The Hall–Kier alpha value is -1.25. The smallest absolute Gasteiger partial charge is 0.192 e. The van der Waals surface area contributed by atoms with Gasteiger partial charge in [0, 0.05) is 13.1 Å². The van der Waals surface area contributed by atoms with Gasteiger partial charge in [-0.25, -0.2) is 0 Å². The monoisotopic (exact) mass is 485 g/mol. The molecule has 33 heavy (non-hydrogen) atoms. The van der Waals surface area contributed by atoms with E-state index in [1.807, 2.05) is 0 Å². The first-order valence-corrected chi connectivity index (χ1v) is 18.1. The Morgan fingerprint density at radius 3 is 1.18 bits per heavy atom. The van der Waals surface area contributed by atoms with Crippen LogP contribution in [0.15, 0.2) is 60.7 Å². The minimum absolute atomic E-state index is 0.0244. The average Bonchev–Trinajstić information content (AvgIpc) is 2.71. The quantitative estimate of drug-likeness (QED) is 0.345. The van der Waals surface area contributed by atoms with E-state index >= 15 is 0 Å². The Morgan fingerprint density at radius 1 is 0.606 bits per heavy atom. The molecule has 0 radical (unpaired) electrons. The Balaban J connectivity index is 2.20. The first-order valence-electron chi connectivity index (χ1n) is 12.3. The lowest BCUT2D eigenvalue weighted by Gasteiger charge is -2.40. The third kappa shape index (κ3) is 7.89. The zero-order chi connectivity index (χ0) is 24.9. The Bertz CT molecular complexity index is 768. The van der Waals surface area contributed by atoms with Gasteiger partial charge < -0.3 is 14.2 Å². The molecular weight excluding hydrogens is 438 g/mol. The number of nitrogens with one attached hydrogen (secondary N) is 1. The van der Waals surface area contributed by atoms with Gasteiger partial charge >= 0.3 is 0 Å². The van der Waals surface area contributed by atoms with Gasteiger partial charge in [0.25, 0.3) is 0 Å². The maximum Gasteiger partial charge on any atom is 0.192 e. The highest BCUT2D eigenvalue weighted by Crippen LogP contribution is 2.41. The number of rotatable bonds is 10. The Kier molecular flexibility index (Phi) is 9.33. The first-order chi connectivity index (χ1) is 15.1. The summed E-state index contributed by atoms with van der Waals surface area (Å²) in [6, 6.07) is 21.3. The van der Waals surface area contributed by atoms with Crippen molar-refractivity contribution in [1.82, 2.24) is 5.32 Å². The molecule has 0 saturated heterocycles. The van der Waals surface area contributed by atoms with Crippen molar-refractivity contribution in [1.29, 1.82) is 0 Å². The highest BCUT2D eigenvalue weighted by atomic mass is 28.4. The van der Waals surface area contributed by atoms with Gasteiger partial charge in [0.1, 0.15) is 0 Å². The topological polar surface area (TPSA) is 30.5 Å². The molecule has 0 aliphatic rings. The van der Waals surface area contributed by atoms with E-state index in [1.54, 1.807) is 0 Å². The molecule has 3 nitrogen and oxygen atoms in total. The summed E-state index contributed by atoms with van der Waals surface area (Å²) in [6.07, 6.45) is 0.0489. The van der Waals surface area contributed by atoms with E-state index < -0.39 is 16.6 Å². The van der Waals surface area contributed by atoms with Crippen LogP contribution in [0.1, 0.15) is 64.9 Å². The zero-order valence-electron chi connectivity index (χ0n) is 22.7. The first kappa shape index (κ1) is 28.0. The second-order valence-corrected chi connectivity index (χ2v) is 21.7. The van der Waals surface area contributed by atoms with E-state index in [2.05, 4.69) is 134 Å². The van der Waals surface area contributed by atoms with Gasteiger partial charge in [0.2, 0.25) is 0 Å². The van der Waals surface area contributed by atoms with Crippen LogP contribution in [0.2, 0.25) is 36.3 Å². The molecule has 0 amide bonds. The molecular formula is C28H47NO2Si2. The Morgan fingerprint density at radius 2 is 0.909 bits per heavy atom. The van der Waals surface area contributed by atoms with Crippen LogP contribution in [0.25, 0.3) is 0 Å². The van der Waals surface area contributed by atoms with Crippen molar-refractivity contribution in [3.8, 4) is 0 Å². The van der Waals surface area contributed by atoms with Gasteiger partial charge in [0.15, 0.2) is 16.6 Å². The molecule has 0 saturated carbocycles. The van der Waals surface area contributed by atoms with E-state index in [0.29, 0.717) is 0 Å². The maximum absolute atomic E-state index is 6.88. The van der Waals surface area contributed by atoms with E-state index in [0.717, 1.165) is 13.1 Å². The molecule has 1 N–H and O–H groups in total. The maximum atomic E-state index is 6.88. The van der Waals surface area contributed by atoms with Crippen molar-refractivity contribution < 1.29 is 8.85 Å². The lowest BCUT2D eigenvalue weighted by molar-refractivity contribution is 0.154. The summed E-state index contributed by atoms with van der Waals surface area (Å²) in [5.41, 5.74) is 2.47. The van der Waals surface area contributed by atoms with Crippen LogP contribution in [0.5, 0.6) is 0 Å². The Labute approximate surface area is 205 Å². The van der Waals surface area contributed by atoms with E-state index in [1.165, 1.54) is 11.1 Å². The van der Waals surface area contributed by atoms with Crippen LogP contribution < -0.4 is 5.32 Å². The highest BCUT2D eigenvalue weighted by Gasteiger charge is 2.40.